The highest BCUT2D eigenvalue weighted by molar-refractivity contribution is 8.02. The Kier molecular flexibility index (Phi) is 3.99. The quantitative estimate of drug-likeness (QED) is 0.535. The van der Waals surface area contributed by atoms with Crippen LogP contribution < -0.4 is 11.1 Å². The summed E-state index contributed by atoms with van der Waals surface area (Å²) < 4.78 is 0. The third-order valence-electron chi connectivity index (χ3n) is 3.88. The van der Waals surface area contributed by atoms with E-state index in [-0.39, 0.29) is 24.1 Å². The second-order valence-corrected chi connectivity index (χ2v) is 6.24. The topological polar surface area (TPSA) is 113 Å². The molecule has 4 N–H and O–H groups in total. The summed E-state index contributed by atoms with van der Waals surface area (Å²) in [5.41, 5.74) is 6.98. The van der Waals surface area contributed by atoms with E-state index in [1.165, 1.54) is 22.1 Å². The number of thioether (sulfide) groups is 1. The zero-order valence-corrected chi connectivity index (χ0v) is 12.9. The molecule has 8 heteroatoms. The van der Waals surface area contributed by atoms with E-state index in [9.17, 15) is 14.4 Å². The first-order chi connectivity index (χ1) is 11.0. The molecule has 120 valence electrons. The Labute approximate surface area is 136 Å². The second kappa shape index (κ2) is 5.96. The van der Waals surface area contributed by atoms with E-state index >= 15 is 0 Å². The van der Waals surface area contributed by atoms with Gasteiger partial charge in [-0.1, -0.05) is 18.2 Å². The SMILES string of the molecule is Nc1ccccc1CC(=O)NC1C(=O)N2C(C(=O)O)=CSCC12. The van der Waals surface area contributed by atoms with E-state index in [4.69, 9.17) is 10.8 Å². The van der Waals surface area contributed by atoms with Crippen LogP contribution in [0.1, 0.15) is 5.56 Å². The Hall–Kier alpha value is -2.48. The van der Waals surface area contributed by atoms with Crippen molar-refractivity contribution < 1.29 is 19.5 Å². The summed E-state index contributed by atoms with van der Waals surface area (Å²) in [5, 5.41) is 13.2. The Balaban J connectivity index is 1.65. The molecular formula is C15H15N3O4S. The fraction of sp³-hybridized carbons (Fsp3) is 0.267. The van der Waals surface area contributed by atoms with Crippen molar-refractivity contribution in [1.29, 1.82) is 0 Å². The number of β-lactam (4-membered cyclic amide) rings is 1. The molecule has 2 unspecified atom stereocenters. The first-order valence-corrected chi connectivity index (χ1v) is 8.05. The van der Waals surface area contributed by atoms with Crippen LogP contribution in [-0.4, -0.2) is 45.6 Å². The Morgan fingerprint density at radius 3 is 2.83 bits per heavy atom. The smallest absolute Gasteiger partial charge is 0.353 e. The maximum absolute atomic E-state index is 12.1. The van der Waals surface area contributed by atoms with Crippen molar-refractivity contribution >= 4 is 35.2 Å². The average molecular weight is 333 g/mol. The molecule has 0 radical (unpaired) electrons. The minimum atomic E-state index is -1.14. The Morgan fingerprint density at radius 2 is 2.13 bits per heavy atom. The highest BCUT2D eigenvalue weighted by atomic mass is 32.2. The van der Waals surface area contributed by atoms with Gasteiger partial charge in [0, 0.05) is 16.8 Å². The van der Waals surface area contributed by atoms with Gasteiger partial charge < -0.3 is 16.2 Å². The molecule has 1 aromatic rings. The van der Waals surface area contributed by atoms with Crippen LogP contribution in [0.2, 0.25) is 0 Å². The van der Waals surface area contributed by atoms with Gasteiger partial charge in [0.15, 0.2) is 0 Å². The normalized spacial score (nSPS) is 22.7. The number of amides is 2. The highest BCUT2D eigenvalue weighted by Gasteiger charge is 2.52. The molecule has 7 nitrogen and oxygen atoms in total. The Morgan fingerprint density at radius 1 is 1.39 bits per heavy atom. The molecule has 1 saturated heterocycles. The molecule has 0 saturated carbocycles. The number of carbonyl (C=O) groups excluding carboxylic acids is 2. The molecule has 2 aliphatic rings. The van der Waals surface area contributed by atoms with Crippen molar-refractivity contribution in [2.75, 3.05) is 11.5 Å². The lowest BCUT2D eigenvalue weighted by atomic mass is 9.95. The van der Waals surface area contributed by atoms with Crippen molar-refractivity contribution in [2.45, 2.75) is 18.5 Å². The summed E-state index contributed by atoms with van der Waals surface area (Å²) in [6.07, 6.45) is 0.0813. The zero-order valence-electron chi connectivity index (χ0n) is 12.1. The fourth-order valence-electron chi connectivity index (χ4n) is 2.70. The van der Waals surface area contributed by atoms with Crippen molar-refractivity contribution in [2.24, 2.45) is 0 Å². The van der Waals surface area contributed by atoms with Gasteiger partial charge in [-0.15, -0.1) is 11.8 Å². The van der Waals surface area contributed by atoms with E-state index in [1.54, 1.807) is 24.3 Å². The summed E-state index contributed by atoms with van der Waals surface area (Å²) in [6.45, 7) is 0. The number of nitrogen functional groups attached to an aromatic ring is 1. The van der Waals surface area contributed by atoms with Gasteiger partial charge in [-0.2, -0.15) is 0 Å². The van der Waals surface area contributed by atoms with Crippen molar-refractivity contribution in [3.05, 3.63) is 40.9 Å². The molecule has 0 aliphatic carbocycles. The molecular weight excluding hydrogens is 318 g/mol. The maximum Gasteiger partial charge on any atom is 0.353 e. The number of hydrogen-bond donors (Lipinski definition) is 3. The predicted molar refractivity (Wildman–Crippen MR) is 85.3 cm³/mol. The van der Waals surface area contributed by atoms with Crippen LogP contribution in [0, 0.1) is 0 Å². The number of benzene rings is 1. The number of carboxylic acids is 1. The van der Waals surface area contributed by atoms with Gasteiger partial charge in [-0.3, -0.25) is 14.5 Å². The number of hydrogen-bond acceptors (Lipinski definition) is 5. The van der Waals surface area contributed by atoms with Gasteiger partial charge in [-0.05, 0) is 11.6 Å². The number of rotatable bonds is 4. The first-order valence-electron chi connectivity index (χ1n) is 7.00. The number of para-hydroxylation sites is 1. The summed E-state index contributed by atoms with van der Waals surface area (Å²) in [4.78, 5) is 36.6. The molecule has 23 heavy (non-hydrogen) atoms. The largest absolute Gasteiger partial charge is 0.477 e. The standard InChI is InChI=1S/C15H15N3O4S/c16-9-4-2-1-3-8(9)5-12(19)17-13-10-6-23-7-11(15(21)22)18(10)14(13)20/h1-4,7,10,13H,5-6,16H2,(H,17,19)(H,21,22). The Bertz CT molecular complexity index is 718. The van der Waals surface area contributed by atoms with Gasteiger partial charge >= 0.3 is 5.97 Å². The fourth-order valence-corrected chi connectivity index (χ4v) is 3.71. The van der Waals surface area contributed by atoms with Crippen LogP contribution in [0.3, 0.4) is 0 Å². The number of fused-ring (bicyclic) bond motifs is 1. The molecule has 2 amide bonds. The second-order valence-electron chi connectivity index (χ2n) is 5.34. The lowest BCUT2D eigenvalue weighted by molar-refractivity contribution is -0.153. The number of anilines is 1. The van der Waals surface area contributed by atoms with Crippen LogP contribution in [0.15, 0.2) is 35.4 Å². The third kappa shape index (κ3) is 2.77. The van der Waals surface area contributed by atoms with Crippen LogP contribution >= 0.6 is 11.8 Å². The summed E-state index contributed by atoms with van der Waals surface area (Å²) >= 11 is 1.33. The van der Waals surface area contributed by atoms with Gasteiger partial charge in [0.25, 0.3) is 5.91 Å². The highest BCUT2D eigenvalue weighted by Crippen LogP contribution is 2.34. The van der Waals surface area contributed by atoms with E-state index in [1.807, 2.05) is 0 Å². The van der Waals surface area contributed by atoms with Crippen LogP contribution in [0.25, 0.3) is 0 Å². The minimum absolute atomic E-state index is 0.0333. The van der Waals surface area contributed by atoms with E-state index < -0.39 is 17.9 Å². The summed E-state index contributed by atoms with van der Waals surface area (Å²) in [7, 11) is 0. The molecule has 2 aliphatic heterocycles. The van der Waals surface area contributed by atoms with Crippen LogP contribution in [0.4, 0.5) is 5.69 Å². The van der Waals surface area contributed by atoms with Crippen LogP contribution in [0.5, 0.6) is 0 Å². The summed E-state index contributed by atoms with van der Waals surface area (Å²) in [6, 6.07) is 6.04. The number of nitrogens with zero attached hydrogens (tertiary/aromatic N) is 1. The molecule has 0 bridgehead atoms. The zero-order chi connectivity index (χ0) is 16.6. The van der Waals surface area contributed by atoms with E-state index in [0.717, 1.165) is 0 Å². The van der Waals surface area contributed by atoms with Gasteiger partial charge in [-0.25, -0.2) is 4.79 Å². The van der Waals surface area contributed by atoms with E-state index in [2.05, 4.69) is 5.32 Å². The number of nitrogens with two attached hydrogens (primary N) is 1. The number of nitrogens with one attached hydrogen (secondary N) is 1. The van der Waals surface area contributed by atoms with Crippen molar-refractivity contribution in [3.63, 3.8) is 0 Å². The lowest BCUT2D eigenvalue weighted by Crippen LogP contribution is -2.72. The maximum atomic E-state index is 12.1. The van der Waals surface area contributed by atoms with Gasteiger partial charge in [0.1, 0.15) is 11.7 Å². The predicted octanol–water partition coefficient (Wildman–Crippen LogP) is 0.180. The third-order valence-corrected chi connectivity index (χ3v) is 4.81. The number of carbonyl (C=O) groups is 3. The lowest BCUT2D eigenvalue weighted by Gasteiger charge is -2.48. The monoisotopic (exact) mass is 333 g/mol. The minimum Gasteiger partial charge on any atom is -0.477 e. The van der Waals surface area contributed by atoms with Crippen LogP contribution in [-0.2, 0) is 20.8 Å². The molecule has 2 atom stereocenters. The molecule has 0 spiro atoms. The summed E-state index contributed by atoms with van der Waals surface area (Å²) in [5.74, 6) is -1.28. The first kappa shape index (κ1) is 15.4. The number of carboxylic acid groups (broad SMARTS) is 1. The molecule has 0 aromatic heterocycles. The van der Waals surface area contributed by atoms with Gasteiger partial charge in [0.2, 0.25) is 5.91 Å². The van der Waals surface area contributed by atoms with Crippen molar-refractivity contribution in [1.82, 2.24) is 10.2 Å². The van der Waals surface area contributed by atoms with Gasteiger partial charge in [0.05, 0.1) is 12.5 Å². The average Bonchev–Trinajstić information content (AvgIpc) is 2.53. The number of aliphatic carboxylic acids is 1. The molecule has 2 heterocycles. The van der Waals surface area contributed by atoms with Crippen molar-refractivity contribution in [3.8, 4) is 0 Å². The molecule has 1 aromatic carbocycles. The molecule has 1 fully saturated rings. The van der Waals surface area contributed by atoms with E-state index in [0.29, 0.717) is 17.0 Å². The molecule has 3 rings (SSSR count).